The second-order valence-electron chi connectivity index (χ2n) is 5.83. The molecule has 112 valence electrons. The summed E-state index contributed by atoms with van der Waals surface area (Å²) in [6.07, 6.45) is -0.483. The standard InChI is InChI=1S/C16H25NO3/c1-4-20-14-7-5-13(6-8-14)15(18)11-17-9-10-19-12-16(17,2)3/h5-8,15,18H,4,9-12H2,1-3H3. The van der Waals surface area contributed by atoms with Crippen molar-refractivity contribution in [1.82, 2.24) is 4.90 Å². The number of hydrogen-bond donors (Lipinski definition) is 1. The first kappa shape index (κ1) is 15.3. The first-order valence-electron chi connectivity index (χ1n) is 7.26. The second-order valence-corrected chi connectivity index (χ2v) is 5.83. The third-order valence-corrected chi connectivity index (χ3v) is 3.79. The maximum absolute atomic E-state index is 10.4. The average Bonchev–Trinajstić information content (AvgIpc) is 2.42. The molecule has 4 heteroatoms. The van der Waals surface area contributed by atoms with Crippen molar-refractivity contribution in [1.29, 1.82) is 0 Å². The predicted octanol–water partition coefficient (Wildman–Crippen LogP) is 2.23. The molecule has 1 N–H and O–H groups in total. The Bertz CT molecular complexity index is 416. The maximum Gasteiger partial charge on any atom is 0.119 e. The smallest absolute Gasteiger partial charge is 0.119 e. The number of hydrogen-bond acceptors (Lipinski definition) is 4. The monoisotopic (exact) mass is 279 g/mol. The lowest BCUT2D eigenvalue weighted by Crippen LogP contribution is -2.54. The fourth-order valence-corrected chi connectivity index (χ4v) is 2.50. The van der Waals surface area contributed by atoms with Crippen molar-refractivity contribution in [3.63, 3.8) is 0 Å². The van der Waals surface area contributed by atoms with E-state index >= 15 is 0 Å². The molecule has 0 amide bonds. The van der Waals surface area contributed by atoms with Gasteiger partial charge in [0, 0.05) is 18.6 Å². The van der Waals surface area contributed by atoms with E-state index in [4.69, 9.17) is 9.47 Å². The zero-order valence-electron chi connectivity index (χ0n) is 12.6. The van der Waals surface area contributed by atoms with Crippen molar-refractivity contribution in [2.24, 2.45) is 0 Å². The molecule has 0 aliphatic carbocycles. The Balaban J connectivity index is 1.98. The fourth-order valence-electron chi connectivity index (χ4n) is 2.50. The normalized spacial score (nSPS) is 20.6. The summed E-state index contributed by atoms with van der Waals surface area (Å²) in [6.45, 7) is 9.86. The van der Waals surface area contributed by atoms with Crippen molar-refractivity contribution in [2.45, 2.75) is 32.4 Å². The molecule has 20 heavy (non-hydrogen) atoms. The van der Waals surface area contributed by atoms with E-state index in [0.717, 1.165) is 24.5 Å². The van der Waals surface area contributed by atoms with Gasteiger partial charge in [-0.25, -0.2) is 0 Å². The van der Waals surface area contributed by atoms with Crippen molar-refractivity contribution >= 4 is 0 Å². The zero-order chi connectivity index (χ0) is 14.6. The van der Waals surface area contributed by atoms with E-state index in [-0.39, 0.29) is 5.54 Å². The van der Waals surface area contributed by atoms with Gasteiger partial charge in [-0.1, -0.05) is 12.1 Å². The molecule has 0 radical (unpaired) electrons. The quantitative estimate of drug-likeness (QED) is 0.897. The topological polar surface area (TPSA) is 41.9 Å². The van der Waals surface area contributed by atoms with Gasteiger partial charge in [-0.05, 0) is 38.5 Å². The van der Waals surface area contributed by atoms with Crippen LogP contribution in [0.4, 0.5) is 0 Å². The van der Waals surface area contributed by atoms with Crippen molar-refractivity contribution in [2.75, 3.05) is 32.9 Å². The lowest BCUT2D eigenvalue weighted by Gasteiger charge is -2.43. The van der Waals surface area contributed by atoms with Gasteiger partial charge in [-0.15, -0.1) is 0 Å². The first-order chi connectivity index (χ1) is 9.53. The summed E-state index contributed by atoms with van der Waals surface area (Å²) in [5, 5.41) is 10.4. The lowest BCUT2D eigenvalue weighted by atomic mass is 10.0. The molecular formula is C16H25NO3. The van der Waals surface area contributed by atoms with Crippen LogP contribution in [0.1, 0.15) is 32.4 Å². The molecule has 1 atom stereocenters. The van der Waals surface area contributed by atoms with E-state index in [1.807, 2.05) is 31.2 Å². The summed E-state index contributed by atoms with van der Waals surface area (Å²) in [4.78, 5) is 2.29. The first-order valence-corrected chi connectivity index (χ1v) is 7.26. The molecule has 4 nitrogen and oxygen atoms in total. The van der Waals surface area contributed by atoms with Crippen LogP contribution >= 0.6 is 0 Å². The lowest BCUT2D eigenvalue weighted by molar-refractivity contribution is -0.0667. The summed E-state index contributed by atoms with van der Waals surface area (Å²) in [5.74, 6) is 0.843. The molecule has 0 saturated carbocycles. The molecule has 0 bridgehead atoms. The summed E-state index contributed by atoms with van der Waals surface area (Å²) < 4.78 is 10.9. The number of morpholine rings is 1. The van der Waals surface area contributed by atoms with E-state index < -0.39 is 6.10 Å². The van der Waals surface area contributed by atoms with Gasteiger partial charge in [0.25, 0.3) is 0 Å². The van der Waals surface area contributed by atoms with Crippen LogP contribution in [-0.4, -0.2) is 48.5 Å². The molecule has 1 aliphatic rings. The second kappa shape index (κ2) is 6.57. The van der Waals surface area contributed by atoms with E-state index in [2.05, 4.69) is 18.7 Å². The highest BCUT2D eigenvalue weighted by Gasteiger charge is 2.31. The third kappa shape index (κ3) is 3.72. The number of benzene rings is 1. The molecule has 1 unspecified atom stereocenters. The van der Waals surface area contributed by atoms with Gasteiger partial charge in [-0.3, -0.25) is 4.90 Å². The summed E-state index contributed by atoms with van der Waals surface area (Å²) in [5.41, 5.74) is 0.903. The number of β-amino-alcohol motifs (C(OH)–C–C–N with tert-alkyl or cyclic N) is 1. The van der Waals surface area contributed by atoms with Crippen molar-refractivity contribution < 1.29 is 14.6 Å². The predicted molar refractivity (Wildman–Crippen MR) is 79.0 cm³/mol. The van der Waals surface area contributed by atoms with Crippen LogP contribution in [0, 0.1) is 0 Å². The van der Waals surface area contributed by atoms with Gasteiger partial charge in [0.1, 0.15) is 5.75 Å². The maximum atomic E-state index is 10.4. The average molecular weight is 279 g/mol. The largest absolute Gasteiger partial charge is 0.494 e. The Morgan fingerprint density at radius 1 is 1.35 bits per heavy atom. The Hall–Kier alpha value is -1.10. The van der Waals surface area contributed by atoms with Crippen molar-refractivity contribution in [3.05, 3.63) is 29.8 Å². The Morgan fingerprint density at radius 3 is 2.65 bits per heavy atom. The van der Waals surface area contributed by atoms with E-state index in [0.29, 0.717) is 19.8 Å². The molecular weight excluding hydrogens is 254 g/mol. The molecule has 1 aliphatic heterocycles. The van der Waals surface area contributed by atoms with Gasteiger partial charge < -0.3 is 14.6 Å². The highest BCUT2D eigenvalue weighted by atomic mass is 16.5. The van der Waals surface area contributed by atoms with Crippen LogP contribution in [0.2, 0.25) is 0 Å². The van der Waals surface area contributed by atoms with E-state index in [9.17, 15) is 5.11 Å². The summed E-state index contributed by atoms with van der Waals surface area (Å²) in [7, 11) is 0. The van der Waals surface area contributed by atoms with Crippen LogP contribution < -0.4 is 4.74 Å². The summed E-state index contributed by atoms with van der Waals surface area (Å²) in [6, 6.07) is 7.69. The highest BCUT2D eigenvalue weighted by Crippen LogP contribution is 2.24. The van der Waals surface area contributed by atoms with E-state index in [1.165, 1.54) is 0 Å². The molecule has 1 fully saturated rings. The van der Waals surface area contributed by atoms with Gasteiger partial charge in [0.15, 0.2) is 0 Å². The van der Waals surface area contributed by atoms with Crippen LogP contribution in [0.5, 0.6) is 5.75 Å². The summed E-state index contributed by atoms with van der Waals surface area (Å²) >= 11 is 0. The van der Waals surface area contributed by atoms with Crippen LogP contribution in [0.3, 0.4) is 0 Å². The van der Waals surface area contributed by atoms with Crippen LogP contribution in [-0.2, 0) is 4.74 Å². The molecule has 1 aromatic rings. The minimum absolute atomic E-state index is 0.0233. The van der Waals surface area contributed by atoms with Gasteiger partial charge in [0.2, 0.25) is 0 Å². The van der Waals surface area contributed by atoms with Crippen LogP contribution in [0.15, 0.2) is 24.3 Å². The third-order valence-electron chi connectivity index (χ3n) is 3.79. The minimum Gasteiger partial charge on any atom is -0.494 e. The number of ether oxygens (including phenoxy) is 2. The Kier molecular flexibility index (Phi) is 5.02. The molecule has 2 rings (SSSR count). The van der Waals surface area contributed by atoms with Gasteiger partial charge in [-0.2, -0.15) is 0 Å². The minimum atomic E-state index is -0.483. The zero-order valence-corrected chi connectivity index (χ0v) is 12.6. The SMILES string of the molecule is CCOc1ccc(C(O)CN2CCOCC2(C)C)cc1. The molecule has 0 spiro atoms. The van der Waals surface area contributed by atoms with Crippen molar-refractivity contribution in [3.8, 4) is 5.75 Å². The number of aliphatic hydroxyl groups is 1. The fraction of sp³-hybridized carbons (Fsp3) is 0.625. The molecule has 1 saturated heterocycles. The number of rotatable bonds is 5. The molecule has 0 aromatic heterocycles. The van der Waals surface area contributed by atoms with Gasteiger partial charge in [0.05, 0.1) is 25.9 Å². The Morgan fingerprint density at radius 2 is 2.05 bits per heavy atom. The molecule has 1 aromatic carbocycles. The van der Waals surface area contributed by atoms with E-state index in [1.54, 1.807) is 0 Å². The van der Waals surface area contributed by atoms with Crippen LogP contribution in [0.25, 0.3) is 0 Å². The Labute approximate surface area is 121 Å². The number of nitrogens with zero attached hydrogens (tertiary/aromatic N) is 1. The van der Waals surface area contributed by atoms with Gasteiger partial charge >= 0.3 is 0 Å². The molecule has 1 heterocycles. The number of aliphatic hydroxyl groups excluding tert-OH is 1. The highest BCUT2D eigenvalue weighted by molar-refractivity contribution is 5.28.